The number of H-pyrrole nitrogens is 1. The van der Waals surface area contributed by atoms with Crippen molar-refractivity contribution in [1.82, 2.24) is 25.3 Å². The molecule has 0 spiro atoms. The lowest BCUT2D eigenvalue weighted by atomic mass is 10.1. The average molecular weight is 304 g/mol. The van der Waals surface area contributed by atoms with Crippen molar-refractivity contribution in [2.24, 2.45) is 7.05 Å². The molecule has 0 aliphatic carbocycles. The molecular weight excluding hydrogens is 286 g/mol. The summed E-state index contributed by atoms with van der Waals surface area (Å²) in [5, 5.41) is 16.6. The normalized spacial score (nSPS) is 11.4. The highest BCUT2D eigenvalue weighted by atomic mass is 35.5. The maximum Gasteiger partial charge on any atom is 0.0860 e. The zero-order valence-corrected chi connectivity index (χ0v) is 12.9. The van der Waals surface area contributed by atoms with E-state index in [1.807, 2.05) is 24.9 Å². The Labute approximate surface area is 128 Å². The van der Waals surface area contributed by atoms with Crippen molar-refractivity contribution in [3.8, 4) is 0 Å². The van der Waals surface area contributed by atoms with Crippen molar-refractivity contribution in [3.05, 3.63) is 46.4 Å². The van der Waals surface area contributed by atoms with Crippen LogP contribution in [0.25, 0.3) is 10.9 Å². The van der Waals surface area contributed by atoms with Crippen LogP contribution in [-0.4, -0.2) is 26.5 Å². The fourth-order valence-corrected chi connectivity index (χ4v) is 2.69. The smallest absolute Gasteiger partial charge is 0.0860 e. The largest absolute Gasteiger partial charge is 0.311 e. The van der Waals surface area contributed by atoms with Gasteiger partial charge in [-0.1, -0.05) is 17.7 Å². The molecule has 110 valence electrons. The first kappa shape index (κ1) is 14.1. The van der Waals surface area contributed by atoms with Crippen LogP contribution < -0.4 is 5.32 Å². The van der Waals surface area contributed by atoms with E-state index in [2.05, 4.69) is 38.8 Å². The molecule has 0 atom stereocenters. The number of hydrogen-bond donors (Lipinski definition) is 2. The summed E-state index contributed by atoms with van der Waals surface area (Å²) in [6, 6.07) is 6.37. The van der Waals surface area contributed by atoms with Crippen LogP contribution in [0.2, 0.25) is 5.02 Å². The summed E-state index contributed by atoms with van der Waals surface area (Å²) < 4.78 is 1.84. The standard InChI is InChI=1S/C15H18ClN5/c1-10-15(16)14(21(2)20-10)9-17-6-5-11-3-4-13-12(7-11)8-18-19-13/h3-4,7-8,17H,5-6,9H2,1-2H3,(H,18,19). The Kier molecular flexibility index (Phi) is 3.94. The molecule has 2 heterocycles. The van der Waals surface area contributed by atoms with Crippen LogP contribution in [-0.2, 0) is 20.0 Å². The molecule has 0 saturated heterocycles. The van der Waals surface area contributed by atoms with Crippen LogP contribution in [0.15, 0.2) is 24.4 Å². The van der Waals surface area contributed by atoms with E-state index < -0.39 is 0 Å². The molecule has 0 aliphatic heterocycles. The molecule has 1 aromatic carbocycles. The molecule has 3 rings (SSSR count). The minimum atomic E-state index is 0.726. The predicted molar refractivity (Wildman–Crippen MR) is 84.5 cm³/mol. The van der Waals surface area contributed by atoms with Crippen LogP contribution in [0.5, 0.6) is 0 Å². The van der Waals surface area contributed by atoms with Crippen molar-refractivity contribution in [2.45, 2.75) is 19.9 Å². The minimum absolute atomic E-state index is 0.726. The third-order valence-electron chi connectivity index (χ3n) is 3.65. The first-order valence-electron chi connectivity index (χ1n) is 6.96. The van der Waals surface area contributed by atoms with E-state index in [1.165, 1.54) is 5.56 Å². The molecule has 21 heavy (non-hydrogen) atoms. The van der Waals surface area contributed by atoms with Crippen LogP contribution in [0.4, 0.5) is 0 Å². The summed E-state index contributed by atoms with van der Waals surface area (Å²) in [7, 11) is 1.92. The highest BCUT2D eigenvalue weighted by molar-refractivity contribution is 6.31. The Morgan fingerprint density at radius 2 is 2.24 bits per heavy atom. The second-order valence-corrected chi connectivity index (χ2v) is 5.57. The number of nitrogens with one attached hydrogen (secondary N) is 2. The second kappa shape index (κ2) is 5.87. The second-order valence-electron chi connectivity index (χ2n) is 5.19. The van der Waals surface area contributed by atoms with Gasteiger partial charge in [0.05, 0.1) is 28.1 Å². The van der Waals surface area contributed by atoms with Crippen molar-refractivity contribution in [2.75, 3.05) is 6.54 Å². The van der Waals surface area contributed by atoms with Gasteiger partial charge in [0.15, 0.2) is 0 Å². The van der Waals surface area contributed by atoms with Crippen molar-refractivity contribution in [3.63, 3.8) is 0 Å². The van der Waals surface area contributed by atoms with Gasteiger partial charge in [0.2, 0.25) is 0 Å². The van der Waals surface area contributed by atoms with Gasteiger partial charge in [-0.2, -0.15) is 10.2 Å². The molecule has 0 amide bonds. The Morgan fingerprint density at radius 1 is 1.38 bits per heavy atom. The molecule has 3 aromatic rings. The molecule has 2 N–H and O–H groups in total. The molecular formula is C15H18ClN5. The van der Waals surface area contributed by atoms with Gasteiger partial charge in [-0.15, -0.1) is 0 Å². The molecule has 0 aliphatic rings. The number of benzene rings is 1. The van der Waals surface area contributed by atoms with Crippen LogP contribution in [0.3, 0.4) is 0 Å². The van der Waals surface area contributed by atoms with Gasteiger partial charge in [0.1, 0.15) is 0 Å². The highest BCUT2D eigenvalue weighted by Gasteiger charge is 2.10. The summed E-state index contributed by atoms with van der Waals surface area (Å²) in [4.78, 5) is 0. The molecule has 5 nitrogen and oxygen atoms in total. The zero-order chi connectivity index (χ0) is 14.8. The summed E-state index contributed by atoms with van der Waals surface area (Å²) in [6.45, 7) is 3.54. The lowest BCUT2D eigenvalue weighted by Gasteiger charge is -2.06. The summed E-state index contributed by atoms with van der Waals surface area (Å²) in [5.74, 6) is 0. The predicted octanol–water partition coefficient (Wildman–Crippen LogP) is 2.59. The third kappa shape index (κ3) is 2.94. The highest BCUT2D eigenvalue weighted by Crippen LogP contribution is 2.19. The number of fused-ring (bicyclic) bond motifs is 1. The Balaban J connectivity index is 1.56. The molecule has 0 bridgehead atoms. The quantitative estimate of drug-likeness (QED) is 0.712. The van der Waals surface area contributed by atoms with E-state index in [0.717, 1.165) is 46.8 Å². The zero-order valence-electron chi connectivity index (χ0n) is 12.2. The molecule has 6 heteroatoms. The van der Waals surface area contributed by atoms with Gasteiger partial charge < -0.3 is 5.32 Å². The summed E-state index contributed by atoms with van der Waals surface area (Å²) >= 11 is 6.23. The van der Waals surface area contributed by atoms with E-state index >= 15 is 0 Å². The number of halogens is 1. The van der Waals surface area contributed by atoms with Crippen LogP contribution >= 0.6 is 11.6 Å². The molecule has 0 saturated carbocycles. The van der Waals surface area contributed by atoms with Gasteiger partial charge in [0, 0.05) is 19.0 Å². The van der Waals surface area contributed by atoms with Gasteiger partial charge in [0.25, 0.3) is 0 Å². The van der Waals surface area contributed by atoms with E-state index in [-0.39, 0.29) is 0 Å². The van der Waals surface area contributed by atoms with Gasteiger partial charge in [-0.05, 0) is 37.6 Å². The van der Waals surface area contributed by atoms with E-state index in [1.54, 1.807) is 0 Å². The summed E-state index contributed by atoms with van der Waals surface area (Å²) in [6.07, 6.45) is 2.82. The lowest BCUT2D eigenvalue weighted by Crippen LogP contribution is -2.18. The minimum Gasteiger partial charge on any atom is -0.311 e. The van der Waals surface area contributed by atoms with Crippen molar-refractivity contribution < 1.29 is 0 Å². The van der Waals surface area contributed by atoms with Gasteiger partial charge in [-0.25, -0.2) is 0 Å². The van der Waals surface area contributed by atoms with E-state index in [9.17, 15) is 0 Å². The summed E-state index contributed by atoms with van der Waals surface area (Å²) in [5.41, 5.74) is 4.27. The van der Waals surface area contributed by atoms with E-state index in [4.69, 9.17) is 11.6 Å². The molecule has 0 fully saturated rings. The maximum atomic E-state index is 6.23. The first-order valence-corrected chi connectivity index (χ1v) is 7.33. The number of aromatic amines is 1. The SMILES string of the molecule is Cc1nn(C)c(CNCCc2ccc3[nH]ncc3c2)c1Cl. The van der Waals surface area contributed by atoms with Gasteiger partial charge in [-0.3, -0.25) is 9.78 Å². The number of nitrogens with zero attached hydrogens (tertiary/aromatic N) is 3. The molecule has 2 aromatic heterocycles. The fourth-order valence-electron chi connectivity index (χ4n) is 2.46. The number of hydrogen-bond acceptors (Lipinski definition) is 3. The van der Waals surface area contributed by atoms with Gasteiger partial charge >= 0.3 is 0 Å². The van der Waals surface area contributed by atoms with Crippen LogP contribution in [0.1, 0.15) is 17.0 Å². The third-order valence-corrected chi connectivity index (χ3v) is 4.14. The number of aromatic nitrogens is 4. The fraction of sp³-hybridized carbons (Fsp3) is 0.333. The van der Waals surface area contributed by atoms with Crippen molar-refractivity contribution >= 4 is 22.5 Å². The average Bonchev–Trinajstić information content (AvgIpc) is 3.02. The Hall–Kier alpha value is -1.85. The van der Waals surface area contributed by atoms with E-state index in [0.29, 0.717) is 0 Å². The number of aryl methyl sites for hydroxylation is 2. The number of rotatable bonds is 5. The first-order chi connectivity index (χ1) is 10.1. The Morgan fingerprint density at radius 3 is 3.00 bits per heavy atom. The topological polar surface area (TPSA) is 58.5 Å². The Bertz CT molecular complexity index is 759. The molecule has 0 unspecified atom stereocenters. The lowest BCUT2D eigenvalue weighted by molar-refractivity contribution is 0.624. The monoisotopic (exact) mass is 303 g/mol. The van der Waals surface area contributed by atoms with Crippen molar-refractivity contribution in [1.29, 1.82) is 0 Å². The van der Waals surface area contributed by atoms with Crippen LogP contribution in [0, 0.1) is 6.92 Å². The maximum absolute atomic E-state index is 6.23. The molecule has 0 radical (unpaired) electrons.